The number of rotatable bonds is 5. The van der Waals surface area contributed by atoms with Gasteiger partial charge in [-0.2, -0.15) is 0 Å². The van der Waals surface area contributed by atoms with E-state index in [1.54, 1.807) is 0 Å². The van der Waals surface area contributed by atoms with E-state index >= 15 is 0 Å². The van der Waals surface area contributed by atoms with Gasteiger partial charge < -0.3 is 4.98 Å². The molecule has 2 aromatic heterocycles. The maximum absolute atomic E-state index is 12.8. The molecule has 0 bridgehead atoms. The van der Waals surface area contributed by atoms with E-state index < -0.39 is 0 Å². The van der Waals surface area contributed by atoms with Crippen LogP contribution in [0.25, 0.3) is 21.3 Å². The lowest BCUT2D eigenvalue weighted by atomic mass is 10.1. The smallest absolute Gasteiger partial charge is 0.260 e. The summed E-state index contributed by atoms with van der Waals surface area (Å²) < 4.78 is 0. The van der Waals surface area contributed by atoms with Crippen molar-refractivity contribution in [2.24, 2.45) is 0 Å². The SMILES string of the molecule is CN(Cc1cccc(Cl)c1)Cc1nc2scc(-c3ccccc3Cl)c2c(=O)[nH]1. The molecule has 0 saturated carbocycles. The molecule has 0 atom stereocenters. The van der Waals surface area contributed by atoms with Gasteiger partial charge in [0.1, 0.15) is 10.7 Å². The molecule has 0 aliphatic heterocycles. The van der Waals surface area contributed by atoms with E-state index in [4.69, 9.17) is 23.2 Å². The van der Waals surface area contributed by atoms with Crippen LogP contribution in [0.15, 0.2) is 58.7 Å². The van der Waals surface area contributed by atoms with E-state index in [0.29, 0.717) is 39.2 Å². The van der Waals surface area contributed by atoms with Gasteiger partial charge >= 0.3 is 0 Å². The number of hydrogen-bond acceptors (Lipinski definition) is 4. The largest absolute Gasteiger partial charge is 0.309 e. The third-order valence-corrected chi connectivity index (χ3v) is 5.86. The minimum atomic E-state index is -0.146. The average molecular weight is 430 g/mol. The van der Waals surface area contributed by atoms with Gasteiger partial charge in [-0.1, -0.05) is 53.5 Å². The molecular weight excluding hydrogens is 413 g/mol. The van der Waals surface area contributed by atoms with Gasteiger partial charge in [0.05, 0.1) is 11.9 Å². The van der Waals surface area contributed by atoms with E-state index in [2.05, 4.69) is 14.9 Å². The Balaban J connectivity index is 1.62. The predicted octanol–water partition coefficient (Wildman–Crippen LogP) is 5.59. The van der Waals surface area contributed by atoms with Crippen molar-refractivity contribution in [2.45, 2.75) is 13.1 Å². The number of aromatic nitrogens is 2. The second kappa shape index (κ2) is 8.05. The van der Waals surface area contributed by atoms with Crippen LogP contribution in [0, 0.1) is 0 Å². The molecule has 7 heteroatoms. The van der Waals surface area contributed by atoms with E-state index in [9.17, 15) is 4.79 Å². The summed E-state index contributed by atoms with van der Waals surface area (Å²) in [6.45, 7) is 1.23. The Kier molecular flexibility index (Phi) is 5.51. The van der Waals surface area contributed by atoms with Crippen molar-refractivity contribution in [3.8, 4) is 11.1 Å². The predicted molar refractivity (Wildman–Crippen MR) is 117 cm³/mol. The van der Waals surface area contributed by atoms with E-state index in [1.807, 2.05) is 61.0 Å². The third kappa shape index (κ3) is 3.98. The summed E-state index contributed by atoms with van der Waals surface area (Å²) >= 11 is 13.8. The molecule has 1 N–H and O–H groups in total. The quantitative estimate of drug-likeness (QED) is 0.449. The van der Waals surface area contributed by atoms with Crippen molar-refractivity contribution in [1.29, 1.82) is 0 Å². The molecule has 0 aliphatic rings. The lowest BCUT2D eigenvalue weighted by Gasteiger charge is -2.16. The van der Waals surface area contributed by atoms with Crippen LogP contribution in [0.5, 0.6) is 0 Å². The fourth-order valence-corrected chi connectivity index (χ4v) is 4.61. The zero-order valence-corrected chi connectivity index (χ0v) is 17.4. The Hall–Kier alpha value is -2.18. The molecule has 0 amide bonds. The number of hydrogen-bond donors (Lipinski definition) is 1. The Morgan fingerprint density at radius 1 is 1.07 bits per heavy atom. The Morgan fingerprint density at radius 2 is 1.89 bits per heavy atom. The molecule has 2 heterocycles. The van der Waals surface area contributed by atoms with Gasteiger partial charge in [-0.3, -0.25) is 9.69 Å². The number of H-pyrrole nitrogens is 1. The van der Waals surface area contributed by atoms with Gasteiger partial charge in [0.15, 0.2) is 0 Å². The lowest BCUT2D eigenvalue weighted by molar-refractivity contribution is 0.311. The number of fused-ring (bicyclic) bond motifs is 1. The molecule has 0 aliphatic carbocycles. The van der Waals surface area contributed by atoms with Gasteiger partial charge in [0, 0.05) is 33.1 Å². The molecule has 28 heavy (non-hydrogen) atoms. The highest BCUT2D eigenvalue weighted by molar-refractivity contribution is 7.17. The Bertz CT molecular complexity index is 1200. The maximum Gasteiger partial charge on any atom is 0.260 e. The molecular formula is C21H17Cl2N3OS. The Morgan fingerprint density at radius 3 is 2.68 bits per heavy atom. The topological polar surface area (TPSA) is 49.0 Å². The number of aromatic amines is 1. The van der Waals surface area contributed by atoms with Crippen LogP contribution in [0.1, 0.15) is 11.4 Å². The highest BCUT2D eigenvalue weighted by atomic mass is 35.5. The molecule has 4 aromatic rings. The number of nitrogens with zero attached hydrogens (tertiary/aromatic N) is 2. The monoisotopic (exact) mass is 429 g/mol. The fourth-order valence-electron chi connectivity index (χ4n) is 3.20. The lowest BCUT2D eigenvalue weighted by Crippen LogP contribution is -2.21. The molecule has 0 fully saturated rings. The molecule has 0 saturated heterocycles. The summed E-state index contributed by atoms with van der Waals surface area (Å²) in [6.07, 6.45) is 0. The summed E-state index contributed by atoms with van der Waals surface area (Å²) in [5.74, 6) is 0.634. The van der Waals surface area contributed by atoms with Crippen molar-refractivity contribution in [2.75, 3.05) is 7.05 Å². The van der Waals surface area contributed by atoms with Crippen LogP contribution in [0.4, 0.5) is 0 Å². The average Bonchev–Trinajstić information content (AvgIpc) is 3.06. The van der Waals surface area contributed by atoms with Crippen molar-refractivity contribution < 1.29 is 0 Å². The first-order valence-electron chi connectivity index (χ1n) is 8.69. The number of nitrogens with one attached hydrogen (secondary N) is 1. The van der Waals surface area contributed by atoms with Crippen LogP contribution in [-0.2, 0) is 13.1 Å². The minimum Gasteiger partial charge on any atom is -0.309 e. The van der Waals surface area contributed by atoms with E-state index in [0.717, 1.165) is 16.7 Å². The Labute approximate surface area is 176 Å². The van der Waals surface area contributed by atoms with Crippen LogP contribution in [0.3, 0.4) is 0 Å². The van der Waals surface area contributed by atoms with E-state index in [-0.39, 0.29) is 5.56 Å². The summed E-state index contributed by atoms with van der Waals surface area (Å²) in [6, 6.07) is 15.3. The third-order valence-electron chi connectivity index (χ3n) is 4.42. The van der Waals surface area contributed by atoms with Crippen LogP contribution >= 0.6 is 34.5 Å². The summed E-state index contributed by atoms with van der Waals surface area (Å²) in [5.41, 5.74) is 2.62. The first-order valence-corrected chi connectivity index (χ1v) is 10.3. The fraction of sp³-hybridized carbons (Fsp3) is 0.143. The molecule has 4 rings (SSSR count). The van der Waals surface area contributed by atoms with Gasteiger partial charge in [-0.05, 0) is 30.8 Å². The molecule has 0 unspecified atom stereocenters. The molecule has 142 valence electrons. The van der Waals surface area contributed by atoms with Crippen LogP contribution in [-0.4, -0.2) is 21.9 Å². The summed E-state index contributed by atoms with van der Waals surface area (Å²) in [7, 11) is 1.98. The van der Waals surface area contributed by atoms with Gasteiger partial charge in [-0.15, -0.1) is 11.3 Å². The van der Waals surface area contributed by atoms with Gasteiger partial charge in [0.25, 0.3) is 5.56 Å². The van der Waals surface area contributed by atoms with Gasteiger partial charge in [-0.25, -0.2) is 4.98 Å². The minimum absolute atomic E-state index is 0.146. The molecule has 0 radical (unpaired) electrons. The van der Waals surface area contributed by atoms with Crippen LogP contribution in [0.2, 0.25) is 10.0 Å². The maximum atomic E-state index is 12.8. The molecule has 0 spiro atoms. The van der Waals surface area contributed by atoms with Crippen molar-refractivity contribution in [3.05, 3.63) is 85.7 Å². The molecule has 2 aromatic carbocycles. The zero-order valence-electron chi connectivity index (χ0n) is 15.1. The summed E-state index contributed by atoms with van der Waals surface area (Å²) in [4.78, 5) is 23.2. The van der Waals surface area contributed by atoms with Crippen LogP contribution < -0.4 is 5.56 Å². The van der Waals surface area contributed by atoms with Gasteiger partial charge in [0.2, 0.25) is 0 Å². The normalized spacial score (nSPS) is 11.4. The zero-order chi connectivity index (χ0) is 19.7. The van der Waals surface area contributed by atoms with E-state index in [1.165, 1.54) is 11.3 Å². The van der Waals surface area contributed by atoms with Crippen molar-refractivity contribution in [3.63, 3.8) is 0 Å². The number of thiophene rings is 1. The number of halogens is 2. The van der Waals surface area contributed by atoms with Crippen molar-refractivity contribution in [1.82, 2.24) is 14.9 Å². The molecule has 4 nitrogen and oxygen atoms in total. The van der Waals surface area contributed by atoms with Crippen molar-refractivity contribution >= 4 is 44.8 Å². The standard InChI is InChI=1S/C21H17Cl2N3OS/c1-26(10-13-5-4-6-14(22)9-13)11-18-24-20(27)19-16(12-28-21(19)25-18)15-7-2-3-8-17(15)23/h2-9,12H,10-11H2,1H3,(H,24,25,27). The highest BCUT2D eigenvalue weighted by Gasteiger charge is 2.15. The summed E-state index contributed by atoms with van der Waals surface area (Å²) in [5, 5.41) is 3.85. The number of benzene rings is 2. The second-order valence-electron chi connectivity index (χ2n) is 6.62. The first-order chi connectivity index (χ1) is 13.5. The second-order valence-corrected chi connectivity index (χ2v) is 8.33. The first kappa shape index (κ1) is 19.2. The highest BCUT2D eigenvalue weighted by Crippen LogP contribution is 2.34.